The first-order chi connectivity index (χ1) is 13.9. The van der Waals surface area contributed by atoms with Gasteiger partial charge in [0.15, 0.2) is 0 Å². The summed E-state index contributed by atoms with van der Waals surface area (Å²) >= 11 is 0. The van der Waals surface area contributed by atoms with Gasteiger partial charge in [-0.2, -0.15) is 0 Å². The Hall–Kier alpha value is -2.78. The van der Waals surface area contributed by atoms with Crippen molar-refractivity contribution >= 4 is 27.3 Å². The Labute approximate surface area is 170 Å². The van der Waals surface area contributed by atoms with E-state index in [1.165, 1.54) is 33.5 Å². The van der Waals surface area contributed by atoms with Crippen LogP contribution in [0.25, 0.3) is 0 Å². The number of benzene rings is 2. The first kappa shape index (κ1) is 20.9. The van der Waals surface area contributed by atoms with Gasteiger partial charge in [0, 0.05) is 25.4 Å². The first-order valence-electron chi connectivity index (χ1n) is 9.06. The van der Waals surface area contributed by atoms with Crippen LogP contribution in [0.2, 0.25) is 0 Å². The van der Waals surface area contributed by atoms with Crippen molar-refractivity contribution in [3.63, 3.8) is 0 Å². The molecule has 1 aliphatic rings. The summed E-state index contributed by atoms with van der Waals surface area (Å²) in [7, 11) is 0.439. The fourth-order valence-corrected chi connectivity index (χ4v) is 4.51. The largest absolute Gasteiger partial charge is 0.497 e. The van der Waals surface area contributed by atoms with Crippen LogP contribution in [-0.2, 0) is 26.0 Å². The highest BCUT2D eigenvalue weighted by atomic mass is 32.2. The number of fused-ring (bicyclic) bond motifs is 1. The molecule has 156 valence electrons. The molecule has 1 aliphatic heterocycles. The molecule has 0 bridgehead atoms. The number of carbonyl (C=O) groups is 1. The van der Waals surface area contributed by atoms with E-state index in [9.17, 15) is 13.2 Å². The second-order valence-electron chi connectivity index (χ2n) is 6.55. The Bertz CT molecular complexity index is 1010. The molecule has 2 aromatic carbocycles. The third kappa shape index (κ3) is 4.46. The number of anilines is 2. The van der Waals surface area contributed by atoms with Gasteiger partial charge in [-0.3, -0.25) is 9.52 Å². The number of rotatable bonds is 7. The number of amides is 1. The van der Waals surface area contributed by atoms with Crippen LogP contribution < -0.4 is 19.1 Å². The zero-order chi connectivity index (χ0) is 21.0. The van der Waals surface area contributed by atoms with E-state index in [1.807, 2.05) is 6.07 Å². The molecule has 0 atom stereocenters. The molecule has 0 fully saturated rings. The van der Waals surface area contributed by atoms with Crippen molar-refractivity contribution in [1.82, 2.24) is 0 Å². The molecule has 0 spiro atoms. The van der Waals surface area contributed by atoms with Crippen LogP contribution in [0, 0.1) is 0 Å². The van der Waals surface area contributed by atoms with Crippen LogP contribution in [0.4, 0.5) is 11.4 Å². The summed E-state index contributed by atoms with van der Waals surface area (Å²) < 4.78 is 43.7. The Morgan fingerprint density at radius 1 is 1.10 bits per heavy atom. The third-order valence-electron chi connectivity index (χ3n) is 4.69. The maximum atomic E-state index is 12.9. The topological polar surface area (TPSA) is 94.2 Å². The number of nitrogens with zero attached hydrogens (tertiary/aromatic N) is 1. The van der Waals surface area contributed by atoms with Crippen molar-refractivity contribution in [1.29, 1.82) is 0 Å². The summed E-state index contributed by atoms with van der Waals surface area (Å²) in [5, 5.41) is 0. The Morgan fingerprint density at radius 2 is 1.90 bits per heavy atom. The number of nitrogens with one attached hydrogen (secondary N) is 1. The molecule has 0 radical (unpaired) electrons. The molecule has 0 saturated carbocycles. The predicted molar refractivity (Wildman–Crippen MR) is 109 cm³/mol. The average molecular weight is 420 g/mol. The van der Waals surface area contributed by atoms with E-state index in [0.717, 1.165) is 18.4 Å². The normalized spacial score (nSPS) is 13.6. The quantitative estimate of drug-likeness (QED) is 0.739. The number of carbonyl (C=O) groups excluding carboxylic acids is 1. The molecule has 1 heterocycles. The SMILES string of the molecule is COCC(=O)N1CCCc2ccc(NS(=O)(=O)c3ccc(OC)cc3OC)cc21. The van der Waals surface area contributed by atoms with E-state index < -0.39 is 10.0 Å². The van der Waals surface area contributed by atoms with E-state index in [1.54, 1.807) is 23.1 Å². The van der Waals surface area contributed by atoms with Crippen LogP contribution in [0.1, 0.15) is 12.0 Å². The van der Waals surface area contributed by atoms with Gasteiger partial charge in [-0.1, -0.05) is 6.07 Å². The number of hydrogen-bond donors (Lipinski definition) is 1. The molecule has 2 aromatic rings. The van der Waals surface area contributed by atoms with Crippen molar-refractivity contribution in [3.05, 3.63) is 42.0 Å². The summed E-state index contributed by atoms with van der Waals surface area (Å²) in [5.74, 6) is 0.499. The second-order valence-corrected chi connectivity index (χ2v) is 8.20. The van der Waals surface area contributed by atoms with Crippen LogP contribution in [0.5, 0.6) is 11.5 Å². The third-order valence-corrected chi connectivity index (χ3v) is 6.11. The number of ether oxygens (including phenoxy) is 3. The predicted octanol–water partition coefficient (Wildman–Crippen LogP) is 2.43. The number of hydrogen-bond acceptors (Lipinski definition) is 6. The van der Waals surface area contributed by atoms with E-state index >= 15 is 0 Å². The Morgan fingerprint density at radius 3 is 2.59 bits per heavy atom. The molecule has 0 aromatic heterocycles. The average Bonchev–Trinajstić information content (AvgIpc) is 2.72. The zero-order valence-corrected chi connectivity index (χ0v) is 17.4. The van der Waals surface area contributed by atoms with Gasteiger partial charge in [0.05, 0.1) is 19.9 Å². The molecular weight excluding hydrogens is 396 g/mol. The zero-order valence-electron chi connectivity index (χ0n) is 16.6. The molecule has 8 nitrogen and oxygen atoms in total. The van der Waals surface area contributed by atoms with Crippen molar-refractivity contribution in [2.75, 3.05) is 44.1 Å². The molecule has 0 saturated heterocycles. The lowest BCUT2D eigenvalue weighted by Gasteiger charge is -2.30. The molecule has 0 aliphatic carbocycles. The first-order valence-corrected chi connectivity index (χ1v) is 10.5. The maximum Gasteiger partial charge on any atom is 0.265 e. The minimum atomic E-state index is -3.91. The highest BCUT2D eigenvalue weighted by molar-refractivity contribution is 7.92. The van der Waals surface area contributed by atoms with Crippen LogP contribution in [-0.4, -0.2) is 48.8 Å². The second kappa shape index (κ2) is 8.71. The molecular formula is C20H24N2O6S. The van der Waals surface area contributed by atoms with E-state index in [-0.39, 0.29) is 23.2 Å². The summed E-state index contributed by atoms with van der Waals surface area (Å²) in [6.07, 6.45) is 1.67. The van der Waals surface area contributed by atoms with Gasteiger partial charge in [-0.15, -0.1) is 0 Å². The van der Waals surface area contributed by atoms with Gasteiger partial charge in [0.25, 0.3) is 15.9 Å². The van der Waals surface area contributed by atoms with Crippen molar-refractivity contribution in [2.45, 2.75) is 17.7 Å². The van der Waals surface area contributed by atoms with Crippen LogP contribution in [0.3, 0.4) is 0 Å². The number of sulfonamides is 1. The minimum absolute atomic E-state index is 0.00849. The standard InChI is InChI=1S/C20H24N2O6S/c1-26-13-20(23)22-10-4-5-14-6-7-15(11-17(14)22)21-29(24,25)19-9-8-16(27-2)12-18(19)28-3/h6-9,11-12,21H,4-5,10,13H2,1-3H3. The van der Waals surface area contributed by atoms with E-state index in [4.69, 9.17) is 14.2 Å². The maximum absolute atomic E-state index is 12.9. The van der Waals surface area contributed by atoms with E-state index in [2.05, 4.69) is 4.72 Å². The smallest absolute Gasteiger partial charge is 0.265 e. The lowest BCUT2D eigenvalue weighted by molar-refractivity contribution is -0.122. The van der Waals surface area contributed by atoms with E-state index in [0.29, 0.717) is 23.7 Å². The molecule has 0 unspecified atom stereocenters. The van der Waals surface area contributed by atoms with Crippen molar-refractivity contribution in [3.8, 4) is 11.5 Å². The van der Waals surface area contributed by atoms with Gasteiger partial charge in [0.2, 0.25) is 0 Å². The van der Waals surface area contributed by atoms with Crippen LogP contribution >= 0.6 is 0 Å². The van der Waals surface area contributed by atoms with Gasteiger partial charge in [-0.25, -0.2) is 8.42 Å². The Balaban J connectivity index is 1.93. The highest BCUT2D eigenvalue weighted by Gasteiger charge is 2.25. The summed E-state index contributed by atoms with van der Waals surface area (Å²) in [4.78, 5) is 14.0. The summed E-state index contributed by atoms with van der Waals surface area (Å²) in [6, 6.07) is 9.69. The molecule has 1 amide bonds. The van der Waals surface area contributed by atoms with Gasteiger partial charge in [0.1, 0.15) is 23.0 Å². The molecule has 9 heteroatoms. The Kier molecular flexibility index (Phi) is 6.29. The highest BCUT2D eigenvalue weighted by Crippen LogP contribution is 2.33. The fraction of sp³-hybridized carbons (Fsp3) is 0.350. The monoisotopic (exact) mass is 420 g/mol. The lowest BCUT2D eigenvalue weighted by Crippen LogP contribution is -2.37. The number of aryl methyl sites for hydroxylation is 1. The minimum Gasteiger partial charge on any atom is -0.497 e. The summed E-state index contributed by atoms with van der Waals surface area (Å²) in [6.45, 7) is 0.538. The van der Waals surface area contributed by atoms with Crippen molar-refractivity contribution < 1.29 is 27.4 Å². The van der Waals surface area contributed by atoms with Gasteiger partial charge < -0.3 is 19.1 Å². The molecule has 1 N–H and O–H groups in total. The number of methoxy groups -OCH3 is 3. The van der Waals surface area contributed by atoms with Crippen molar-refractivity contribution in [2.24, 2.45) is 0 Å². The van der Waals surface area contributed by atoms with Gasteiger partial charge >= 0.3 is 0 Å². The molecule has 3 rings (SSSR count). The van der Waals surface area contributed by atoms with Gasteiger partial charge in [-0.05, 0) is 42.7 Å². The fourth-order valence-electron chi connectivity index (χ4n) is 3.31. The van der Waals surface area contributed by atoms with Crippen LogP contribution in [0.15, 0.2) is 41.3 Å². The molecule has 29 heavy (non-hydrogen) atoms. The lowest BCUT2D eigenvalue weighted by atomic mass is 10.0. The summed E-state index contributed by atoms with van der Waals surface area (Å²) in [5.41, 5.74) is 2.05.